The van der Waals surface area contributed by atoms with Gasteiger partial charge in [-0.1, -0.05) is 20.8 Å². The predicted molar refractivity (Wildman–Crippen MR) is 48.4 cm³/mol. The Balaban J connectivity index is 2.41. The monoisotopic (exact) mass is 178 g/mol. The average molecular weight is 178 g/mol. The van der Waals surface area contributed by atoms with Crippen LogP contribution in [-0.4, -0.2) is 12.6 Å². The van der Waals surface area contributed by atoms with E-state index in [1.807, 2.05) is 12.6 Å². The van der Waals surface area contributed by atoms with Crippen molar-refractivity contribution in [2.24, 2.45) is 28.6 Å². The van der Waals surface area contributed by atoms with Gasteiger partial charge in [0.2, 0.25) is 12.6 Å². The lowest BCUT2D eigenvalue weighted by Crippen LogP contribution is -2.48. The molecule has 0 saturated heterocycles. The van der Waals surface area contributed by atoms with Crippen LogP contribution in [0.2, 0.25) is 0 Å². The zero-order valence-electron chi connectivity index (χ0n) is 8.26. The molecule has 3 saturated carbocycles. The lowest BCUT2D eigenvalue weighted by atomic mass is 9.50. The normalized spacial score (nSPS) is 51.2. The Morgan fingerprint density at radius 2 is 1.77 bits per heavy atom. The van der Waals surface area contributed by atoms with Gasteiger partial charge in [-0.05, 0) is 23.2 Å². The van der Waals surface area contributed by atoms with Gasteiger partial charge >= 0.3 is 0 Å². The van der Waals surface area contributed by atoms with Crippen LogP contribution in [0.25, 0.3) is 0 Å². The second-order valence-electron chi connectivity index (χ2n) is 5.19. The minimum atomic E-state index is -0.218. The molecule has 13 heavy (non-hydrogen) atoms. The summed E-state index contributed by atoms with van der Waals surface area (Å²) in [5.74, 6) is -0.0658. The van der Waals surface area contributed by atoms with Crippen molar-refractivity contribution in [2.75, 3.05) is 0 Å². The van der Waals surface area contributed by atoms with E-state index in [1.165, 1.54) is 0 Å². The molecule has 0 amide bonds. The number of carbonyl (C=O) groups excluding carboxylic acids is 2. The van der Waals surface area contributed by atoms with Gasteiger partial charge in [0.15, 0.2) is 0 Å². The third-order valence-corrected chi connectivity index (χ3v) is 4.78. The molecule has 3 aliphatic rings. The van der Waals surface area contributed by atoms with Crippen LogP contribution in [0.15, 0.2) is 0 Å². The van der Waals surface area contributed by atoms with Crippen molar-refractivity contribution in [1.29, 1.82) is 0 Å². The second kappa shape index (κ2) is 2.23. The van der Waals surface area contributed by atoms with Gasteiger partial charge in [-0.25, -0.2) is 0 Å². The molecular formula is C11H14O2. The molecule has 0 aromatic heterocycles. The van der Waals surface area contributed by atoms with Gasteiger partial charge in [-0.15, -0.1) is 0 Å². The summed E-state index contributed by atoms with van der Waals surface area (Å²) >= 11 is 0. The molecule has 70 valence electrons. The SMILES string of the molecule is CC1(C)C2CC1(C)C([C]=O)C2[C]=O. The summed E-state index contributed by atoms with van der Waals surface area (Å²) in [7, 11) is 0. The smallest absolute Gasteiger partial charge is 0.203 e. The highest BCUT2D eigenvalue weighted by atomic mass is 16.1. The van der Waals surface area contributed by atoms with E-state index in [2.05, 4.69) is 20.8 Å². The first-order chi connectivity index (χ1) is 5.99. The first-order valence-electron chi connectivity index (χ1n) is 4.74. The van der Waals surface area contributed by atoms with E-state index in [0.29, 0.717) is 5.92 Å². The standard InChI is InChI=1S/C11H14O2/c1-10(2)8-4-11(10,3)9(6-13)7(8)5-12/h7-9H,4H2,1-3H3. The molecule has 2 heteroatoms. The molecule has 4 atom stereocenters. The van der Waals surface area contributed by atoms with Gasteiger partial charge in [0.05, 0.1) is 0 Å². The fourth-order valence-corrected chi connectivity index (χ4v) is 3.35. The molecule has 0 spiro atoms. The Morgan fingerprint density at radius 1 is 1.15 bits per heavy atom. The summed E-state index contributed by atoms with van der Waals surface area (Å²) < 4.78 is 0. The zero-order valence-corrected chi connectivity index (χ0v) is 8.26. The fraction of sp³-hybridized carbons (Fsp3) is 0.818. The molecule has 0 aliphatic heterocycles. The Morgan fingerprint density at radius 3 is 2.08 bits per heavy atom. The van der Waals surface area contributed by atoms with Crippen molar-refractivity contribution in [2.45, 2.75) is 27.2 Å². The molecule has 3 aliphatic carbocycles. The van der Waals surface area contributed by atoms with Crippen molar-refractivity contribution in [3.63, 3.8) is 0 Å². The molecule has 0 aromatic carbocycles. The molecule has 0 heterocycles. The minimum Gasteiger partial charge on any atom is -0.291 e. The number of rotatable bonds is 2. The molecule has 2 bridgehead atoms. The molecular weight excluding hydrogens is 164 g/mol. The lowest BCUT2D eigenvalue weighted by Gasteiger charge is -2.54. The quantitative estimate of drug-likeness (QED) is 0.642. The van der Waals surface area contributed by atoms with E-state index in [4.69, 9.17) is 0 Å². The summed E-state index contributed by atoms with van der Waals surface area (Å²) in [5, 5.41) is 0. The Hall–Kier alpha value is -0.660. The van der Waals surface area contributed by atoms with Crippen LogP contribution < -0.4 is 0 Å². The lowest BCUT2D eigenvalue weighted by molar-refractivity contribution is -0.0509. The first kappa shape index (κ1) is 8.92. The van der Waals surface area contributed by atoms with E-state index in [1.54, 1.807) is 0 Å². The van der Waals surface area contributed by atoms with Crippen molar-refractivity contribution >= 4 is 12.6 Å². The van der Waals surface area contributed by atoms with E-state index in [9.17, 15) is 9.59 Å². The van der Waals surface area contributed by atoms with Gasteiger partial charge in [-0.2, -0.15) is 0 Å². The van der Waals surface area contributed by atoms with Crippen molar-refractivity contribution in [3.8, 4) is 0 Å². The van der Waals surface area contributed by atoms with Crippen LogP contribution in [0.3, 0.4) is 0 Å². The maximum Gasteiger partial charge on any atom is 0.203 e. The van der Waals surface area contributed by atoms with Gasteiger partial charge in [0.25, 0.3) is 0 Å². The average Bonchev–Trinajstić information content (AvgIpc) is 2.48. The highest BCUT2D eigenvalue weighted by Gasteiger charge is 2.71. The van der Waals surface area contributed by atoms with Crippen molar-refractivity contribution < 1.29 is 9.59 Å². The van der Waals surface area contributed by atoms with Crippen LogP contribution >= 0.6 is 0 Å². The number of fused-ring (bicyclic) bond motifs is 1. The maximum atomic E-state index is 10.8. The van der Waals surface area contributed by atoms with Crippen LogP contribution in [0.5, 0.6) is 0 Å². The summed E-state index contributed by atoms with van der Waals surface area (Å²) in [5.41, 5.74) is 0.0959. The van der Waals surface area contributed by atoms with Gasteiger partial charge in [0.1, 0.15) is 0 Å². The van der Waals surface area contributed by atoms with Crippen LogP contribution in [-0.2, 0) is 9.59 Å². The molecule has 3 rings (SSSR count). The van der Waals surface area contributed by atoms with Gasteiger partial charge < -0.3 is 0 Å². The third-order valence-electron chi connectivity index (χ3n) is 4.78. The second-order valence-corrected chi connectivity index (χ2v) is 5.19. The molecule has 0 N–H and O–H groups in total. The molecule has 4 unspecified atom stereocenters. The number of hydrogen-bond acceptors (Lipinski definition) is 2. The summed E-state index contributed by atoms with van der Waals surface area (Å²) in [6.07, 6.45) is 5.05. The topological polar surface area (TPSA) is 34.1 Å². The fourth-order valence-electron chi connectivity index (χ4n) is 3.35. The van der Waals surface area contributed by atoms with Crippen LogP contribution in [0.4, 0.5) is 0 Å². The predicted octanol–water partition coefficient (Wildman–Crippen LogP) is 1.50. The third kappa shape index (κ3) is 0.710. The molecule has 3 fully saturated rings. The van der Waals surface area contributed by atoms with Crippen molar-refractivity contribution in [1.82, 2.24) is 0 Å². The van der Waals surface area contributed by atoms with E-state index in [-0.39, 0.29) is 22.7 Å². The molecule has 2 nitrogen and oxygen atoms in total. The summed E-state index contributed by atoms with van der Waals surface area (Å²) in [6.45, 7) is 6.38. The minimum absolute atomic E-state index is 0.0124. The van der Waals surface area contributed by atoms with Gasteiger partial charge in [-0.3, -0.25) is 9.59 Å². The first-order valence-corrected chi connectivity index (χ1v) is 4.74. The van der Waals surface area contributed by atoms with E-state index in [0.717, 1.165) is 6.42 Å². The molecule has 2 radical (unpaired) electrons. The highest BCUT2D eigenvalue weighted by Crippen LogP contribution is 2.74. The zero-order chi connectivity index (χ0) is 9.85. The summed E-state index contributed by atoms with van der Waals surface area (Å²) in [6, 6.07) is 0. The Kier molecular flexibility index (Phi) is 1.53. The van der Waals surface area contributed by atoms with Crippen LogP contribution in [0.1, 0.15) is 27.2 Å². The van der Waals surface area contributed by atoms with Gasteiger partial charge in [0, 0.05) is 11.8 Å². The molecule has 0 aromatic rings. The van der Waals surface area contributed by atoms with Crippen LogP contribution in [0, 0.1) is 28.6 Å². The maximum absolute atomic E-state index is 10.8. The Bertz CT molecular complexity index is 269. The largest absolute Gasteiger partial charge is 0.291 e. The summed E-state index contributed by atoms with van der Waals surface area (Å²) in [4.78, 5) is 21.5. The van der Waals surface area contributed by atoms with E-state index < -0.39 is 0 Å². The number of hydrogen-bond donors (Lipinski definition) is 0. The Labute approximate surface area is 78.7 Å². The van der Waals surface area contributed by atoms with E-state index >= 15 is 0 Å². The highest BCUT2D eigenvalue weighted by molar-refractivity contribution is 5.71. The van der Waals surface area contributed by atoms with Crippen molar-refractivity contribution in [3.05, 3.63) is 0 Å².